The van der Waals surface area contributed by atoms with E-state index in [4.69, 9.17) is 4.52 Å². The van der Waals surface area contributed by atoms with Crippen molar-refractivity contribution in [3.8, 4) is 0 Å². The summed E-state index contributed by atoms with van der Waals surface area (Å²) in [6.45, 7) is 2.50. The molecule has 6 nitrogen and oxygen atoms in total. The van der Waals surface area contributed by atoms with Gasteiger partial charge in [-0.25, -0.2) is 0 Å². The number of amides is 1. The molecule has 1 aliphatic heterocycles. The summed E-state index contributed by atoms with van der Waals surface area (Å²) in [7, 11) is 0. The van der Waals surface area contributed by atoms with Crippen LogP contribution in [0.1, 0.15) is 41.0 Å². The predicted octanol–water partition coefficient (Wildman–Crippen LogP) is 2.84. The Balaban J connectivity index is 1.65. The van der Waals surface area contributed by atoms with E-state index >= 15 is 0 Å². The maximum Gasteiger partial charge on any atom is 0.254 e. The van der Waals surface area contributed by atoms with Gasteiger partial charge in [-0.1, -0.05) is 5.16 Å². The number of aromatic nitrogens is 3. The van der Waals surface area contributed by atoms with Crippen molar-refractivity contribution in [1.82, 2.24) is 20.0 Å². The van der Waals surface area contributed by atoms with E-state index in [0.717, 1.165) is 30.3 Å². The first-order valence-electron chi connectivity index (χ1n) is 7.41. The summed E-state index contributed by atoms with van der Waals surface area (Å²) in [5.74, 6) is 1.15. The lowest BCUT2D eigenvalue weighted by atomic mass is 10.1. The van der Waals surface area contributed by atoms with Gasteiger partial charge in [0.05, 0.1) is 0 Å². The van der Waals surface area contributed by atoms with E-state index < -0.39 is 0 Å². The fourth-order valence-corrected chi connectivity index (χ4v) is 3.07. The second kappa shape index (κ2) is 4.98. The first-order chi connectivity index (χ1) is 10.7. The minimum absolute atomic E-state index is 0.0152. The topological polar surface area (TPSA) is 75.0 Å². The second-order valence-electron chi connectivity index (χ2n) is 5.62. The average Bonchev–Trinajstić information content (AvgIpc) is 3.25. The average molecular weight is 296 g/mol. The highest BCUT2D eigenvalue weighted by Gasteiger charge is 2.34. The van der Waals surface area contributed by atoms with Crippen molar-refractivity contribution in [2.24, 2.45) is 0 Å². The van der Waals surface area contributed by atoms with E-state index in [-0.39, 0.29) is 11.9 Å². The number of aryl methyl sites for hydroxylation is 1. The monoisotopic (exact) mass is 296 g/mol. The second-order valence-corrected chi connectivity index (χ2v) is 5.62. The summed E-state index contributed by atoms with van der Waals surface area (Å²) < 4.78 is 5.26. The summed E-state index contributed by atoms with van der Waals surface area (Å²) >= 11 is 0. The number of aromatic amines is 1. The van der Waals surface area contributed by atoms with Crippen LogP contribution in [0.3, 0.4) is 0 Å². The van der Waals surface area contributed by atoms with E-state index in [1.54, 1.807) is 6.92 Å². The maximum atomic E-state index is 12.8. The van der Waals surface area contributed by atoms with Crippen LogP contribution in [0.4, 0.5) is 0 Å². The zero-order valence-corrected chi connectivity index (χ0v) is 12.2. The molecule has 6 heteroatoms. The van der Waals surface area contributed by atoms with Crippen molar-refractivity contribution < 1.29 is 9.32 Å². The molecule has 1 unspecified atom stereocenters. The Bertz CT molecular complexity index is 835. The molecule has 1 aromatic carbocycles. The number of nitrogens with zero attached hydrogens (tertiary/aromatic N) is 3. The van der Waals surface area contributed by atoms with E-state index in [0.29, 0.717) is 17.3 Å². The molecule has 1 aliphatic rings. The van der Waals surface area contributed by atoms with Crippen LogP contribution in [0.25, 0.3) is 10.9 Å². The molecule has 0 aliphatic carbocycles. The molecule has 1 N–H and O–H groups in total. The van der Waals surface area contributed by atoms with Crippen LogP contribution in [0, 0.1) is 6.92 Å². The van der Waals surface area contributed by atoms with Crippen LogP contribution < -0.4 is 0 Å². The number of hydrogen-bond acceptors (Lipinski definition) is 4. The van der Waals surface area contributed by atoms with Crippen LogP contribution in [0.2, 0.25) is 0 Å². The largest absolute Gasteiger partial charge is 0.361 e. The fourth-order valence-electron chi connectivity index (χ4n) is 3.07. The number of rotatable bonds is 2. The molecule has 22 heavy (non-hydrogen) atoms. The molecule has 2 aromatic heterocycles. The SMILES string of the molecule is Cc1noc(C2CCCN2C(=O)c2ccc3[nH]ccc3c2)n1. The van der Waals surface area contributed by atoms with Crippen molar-refractivity contribution >= 4 is 16.8 Å². The Morgan fingerprint density at radius 3 is 3.14 bits per heavy atom. The molecule has 0 bridgehead atoms. The molecular formula is C16H16N4O2. The molecule has 1 saturated heterocycles. The van der Waals surface area contributed by atoms with Gasteiger partial charge in [-0.15, -0.1) is 0 Å². The van der Waals surface area contributed by atoms with Crippen LogP contribution in [-0.2, 0) is 0 Å². The fraction of sp³-hybridized carbons (Fsp3) is 0.312. The number of benzene rings is 1. The number of hydrogen-bond donors (Lipinski definition) is 1. The summed E-state index contributed by atoms with van der Waals surface area (Å²) in [6.07, 6.45) is 3.68. The third-order valence-corrected chi connectivity index (χ3v) is 4.14. The van der Waals surface area contributed by atoms with Crippen LogP contribution in [0.5, 0.6) is 0 Å². The quantitative estimate of drug-likeness (QED) is 0.789. The third kappa shape index (κ3) is 2.07. The normalized spacial score (nSPS) is 18.2. The van der Waals surface area contributed by atoms with Gasteiger partial charge in [-0.05, 0) is 44.0 Å². The number of carbonyl (C=O) groups is 1. The molecule has 0 radical (unpaired) electrons. The summed E-state index contributed by atoms with van der Waals surface area (Å²) in [4.78, 5) is 22.1. The van der Waals surface area contributed by atoms with Crippen molar-refractivity contribution in [3.63, 3.8) is 0 Å². The van der Waals surface area contributed by atoms with Gasteiger partial charge in [-0.3, -0.25) is 4.79 Å². The molecular weight excluding hydrogens is 280 g/mol. The highest BCUT2D eigenvalue weighted by Crippen LogP contribution is 2.32. The Morgan fingerprint density at radius 1 is 1.41 bits per heavy atom. The standard InChI is InChI=1S/C16H16N4O2/c1-10-18-15(22-19-10)14-3-2-8-20(14)16(21)12-4-5-13-11(9-12)6-7-17-13/h4-7,9,14,17H,2-3,8H2,1H3. The lowest BCUT2D eigenvalue weighted by molar-refractivity contribution is 0.0710. The Morgan fingerprint density at radius 2 is 2.32 bits per heavy atom. The minimum atomic E-state index is -0.115. The summed E-state index contributed by atoms with van der Waals surface area (Å²) in [5.41, 5.74) is 1.72. The zero-order valence-electron chi connectivity index (χ0n) is 12.2. The van der Waals surface area contributed by atoms with Crippen molar-refractivity contribution in [3.05, 3.63) is 47.7 Å². The van der Waals surface area contributed by atoms with Crippen LogP contribution >= 0.6 is 0 Å². The maximum absolute atomic E-state index is 12.8. The number of nitrogens with one attached hydrogen (secondary N) is 1. The first kappa shape index (κ1) is 13.1. The number of fused-ring (bicyclic) bond motifs is 1. The Kier molecular flexibility index (Phi) is 2.96. The molecule has 3 aromatic rings. The van der Waals surface area contributed by atoms with Crippen LogP contribution in [0.15, 0.2) is 35.0 Å². The number of likely N-dealkylation sites (tertiary alicyclic amines) is 1. The van der Waals surface area contributed by atoms with Gasteiger partial charge >= 0.3 is 0 Å². The van der Waals surface area contributed by atoms with Crippen LogP contribution in [-0.4, -0.2) is 32.5 Å². The zero-order chi connectivity index (χ0) is 15.1. The molecule has 3 heterocycles. The smallest absolute Gasteiger partial charge is 0.254 e. The van der Waals surface area contributed by atoms with Gasteiger partial charge in [0.25, 0.3) is 5.91 Å². The van der Waals surface area contributed by atoms with Crippen molar-refractivity contribution in [2.45, 2.75) is 25.8 Å². The third-order valence-electron chi connectivity index (χ3n) is 4.14. The number of H-pyrrole nitrogens is 1. The molecule has 0 saturated carbocycles. The van der Waals surface area contributed by atoms with Crippen molar-refractivity contribution in [2.75, 3.05) is 6.54 Å². The lowest BCUT2D eigenvalue weighted by Gasteiger charge is -2.22. The van der Waals surface area contributed by atoms with Gasteiger partial charge in [0.1, 0.15) is 6.04 Å². The summed E-state index contributed by atoms with van der Waals surface area (Å²) in [6, 6.07) is 7.56. The molecule has 1 amide bonds. The highest BCUT2D eigenvalue weighted by molar-refractivity contribution is 5.98. The Labute approximate surface area is 127 Å². The van der Waals surface area contributed by atoms with Gasteiger partial charge in [0, 0.05) is 29.2 Å². The van der Waals surface area contributed by atoms with Gasteiger partial charge in [-0.2, -0.15) is 4.98 Å². The first-order valence-corrected chi connectivity index (χ1v) is 7.41. The molecule has 112 valence electrons. The van der Waals surface area contributed by atoms with E-state index in [1.807, 2.05) is 35.4 Å². The lowest BCUT2D eigenvalue weighted by Crippen LogP contribution is -2.30. The van der Waals surface area contributed by atoms with Gasteiger partial charge < -0.3 is 14.4 Å². The van der Waals surface area contributed by atoms with Gasteiger partial charge in [0.2, 0.25) is 5.89 Å². The molecule has 1 atom stereocenters. The summed E-state index contributed by atoms with van der Waals surface area (Å²) in [5, 5.41) is 4.87. The van der Waals surface area contributed by atoms with Gasteiger partial charge in [0.15, 0.2) is 5.82 Å². The molecule has 0 spiro atoms. The number of carbonyl (C=O) groups excluding carboxylic acids is 1. The van der Waals surface area contributed by atoms with E-state index in [2.05, 4.69) is 15.1 Å². The van der Waals surface area contributed by atoms with E-state index in [1.165, 1.54) is 0 Å². The molecule has 4 rings (SSSR count). The predicted molar refractivity (Wildman–Crippen MR) is 80.3 cm³/mol. The molecule has 1 fully saturated rings. The highest BCUT2D eigenvalue weighted by atomic mass is 16.5. The minimum Gasteiger partial charge on any atom is -0.361 e. The van der Waals surface area contributed by atoms with E-state index in [9.17, 15) is 4.79 Å². The Hall–Kier alpha value is -2.63. The van der Waals surface area contributed by atoms with Crippen molar-refractivity contribution in [1.29, 1.82) is 0 Å².